The largest absolute Gasteiger partial charge is 0.508 e. The maximum absolute atomic E-state index is 9.63. The number of phenols is 1. The van der Waals surface area contributed by atoms with E-state index in [2.05, 4.69) is 5.16 Å². The molecule has 5 rings (SSSR count). The number of hydrogen-bond acceptors (Lipinski definition) is 4. The Labute approximate surface area is 177 Å². The van der Waals surface area contributed by atoms with Crippen molar-refractivity contribution in [2.24, 2.45) is 0 Å². The van der Waals surface area contributed by atoms with E-state index in [0.717, 1.165) is 40.7 Å². The first-order valence-electron chi connectivity index (χ1n) is 9.38. The van der Waals surface area contributed by atoms with Gasteiger partial charge in [-0.25, -0.2) is 0 Å². The fourth-order valence-electron chi connectivity index (χ4n) is 3.50. The number of ether oxygens (including phenoxy) is 1. The van der Waals surface area contributed by atoms with Crippen LogP contribution >= 0.6 is 23.2 Å². The van der Waals surface area contributed by atoms with Crippen LogP contribution in [0.2, 0.25) is 10.0 Å². The number of hydrogen-bond donors (Lipinski definition) is 1. The van der Waals surface area contributed by atoms with Crippen LogP contribution in [-0.4, -0.2) is 10.3 Å². The Bertz CT molecular complexity index is 1190. The Balaban J connectivity index is 1.49. The van der Waals surface area contributed by atoms with Crippen molar-refractivity contribution >= 4 is 34.0 Å². The Kier molecular flexibility index (Phi) is 4.61. The van der Waals surface area contributed by atoms with Crippen LogP contribution in [0.4, 0.5) is 0 Å². The van der Waals surface area contributed by atoms with Gasteiger partial charge in [-0.05, 0) is 60.0 Å². The van der Waals surface area contributed by atoms with Gasteiger partial charge in [0, 0.05) is 11.5 Å². The van der Waals surface area contributed by atoms with Crippen LogP contribution in [0.1, 0.15) is 30.1 Å². The first-order valence-corrected chi connectivity index (χ1v) is 10.1. The second kappa shape index (κ2) is 7.29. The van der Waals surface area contributed by atoms with E-state index in [-0.39, 0.29) is 5.75 Å². The van der Waals surface area contributed by atoms with Gasteiger partial charge >= 0.3 is 0 Å². The van der Waals surface area contributed by atoms with Gasteiger partial charge in [0.15, 0.2) is 0 Å². The molecule has 0 radical (unpaired) electrons. The second-order valence-corrected chi connectivity index (χ2v) is 8.04. The molecule has 0 saturated heterocycles. The highest BCUT2D eigenvalue weighted by atomic mass is 35.5. The molecule has 29 heavy (non-hydrogen) atoms. The van der Waals surface area contributed by atoms with Gasteiger partial charge in [0.2, 0.25) is 0 Å². The molecule has 1 N–H and O–H groups in total. The van der Waals surface area contributed by atoms with Crippen molar-refractivity contribution in [1.82, 2.24) is 5.16 Å². The van der Waals surface area contributed by atoms with E-state index < -0.39 is 0 Å². The third kappa shape index (κ3) is 3.54. The van der Waals surface area contributed by atoms with Crippen molar-refractivity contribution < 1.29 is 14.4 Å². The molecule has 6 heteroatoms. The summed E-state index contributed by atoms with van der Waals surface area (Å²) in [5.41, 5.74) is 2.18. The molecule has 0 aliphatic heterocycles. The summed E-state index contributed by atoms with van der Waals surface area (Å²) in [4.78, 5) is 0. The van der Waals surface area contributed by atoms with Crippen LogP contribution in [0, 0.1) is 0 Å². The quantitative estimate of drug-likeness (QED) is 0.375. The van der Waals surface area contributed by atoms with Gasteiger partial charge in [0.1, 0.15) is 29.6 Å². The molecule has 0 atom stereocenters. The topological polar surface area (TPSA) is 55.5 Å². The van der Waals surface area contributed by atoms with Gasteiger partial charge in [0.05, 0.1) is 15.6 Å². The summed E-state index contributed by atoms with van der Waals surface area (Å²) in [7, 11) is 0. The monoisotopic (exact) mass is 425 g/mol. The fraction of sp³-hybridized carbons (Fsp3) is 0.174. The van der Waals surface area contributed by atoms with Gasteiger partial charge in [-0.15, -0.1) is 0 Å². The lowest BCUT2D eigenvalue weighted by atomic mass is 10.0. The molecular formula is C23H17Cl2NO3. The number of aromatic hydroxyl groups is 1. The van der Waals surface area contributed by atoms with Gasteiger partial charge in [-0.1, -0.05) is 46.6 Å². The second-order valence-electron chi connectivity index (χ2n) is 7.23. The molecule has 1 aliphatic rings. The molecule has 4 aromatic rings. The maximum Gasteiger partial charge on any atom is 0.147 e. The van der Waals surface area contributed by atoms with E-state index >= 15 is 0 Å². The predicted molar refractivity (Wildman–Crippen MR) is 114 cm³/mol. The van der Waals surface area contributed by atoms with Crippen LogP contribution in [0.3, 0.4) is 0 Å². The molecule has 0 bridgehead atoms. The van der Waals surface area contributed by atoms with Gasteiger partial charge in [-0.3, -0.25) is 0 Å². The van der Waals surface area contributed by atoms with E-state index in [1.807, 2.05) is 24.3 Å². The fourth-order valence-corrected chi connectivity index (χ4v) is 4.08. The Hall–Kier alpha value is -2.69. The Morgan fingerprint density at radius 1 is 1.00 bits per heavy atom. The normalized spacial score (nSPS) is 13.7. The van der Waals surface area contributed by atoms with Crippen molar-refractivity contribution in [1.29, 1.82) is 0 Å². The summed E-state index contributed by atoms with van der Waals surface area (Å²) in [5, 5.41) is 16.9. The smallest absolute Gasteiger partial charge is 0.147 e. The third-order valence-corrected chi connectivity index (χ3v) is 5.77. The summed E-state index contributed by atoms with van der Waals surface area (Å²) >= 11 is 12.8. The SMILES string of the molecule is Oc1ccc2cc(OCc3c(-c4c(Cl)cccc4Cl)noc3C3CC3)ccc2c1. The lowest BCUT2D eigenvalue weighted by molar-refractivity contribution is 0.301. The van der Waals surface area contributed by atoms with Crippen LogP contribution in [0.5, 0.6) is 11.5 Å². The third-order valence-electron chi connectivity index (χ3n) is 5.14. The van der Waals surface area contributed by atoms with Crippen molar-refractivity contribution in [3.8, 4) is 22.8 Å². The summed E-state index contributed by atoms with van der Waals surface area (Å²) in [5.74, 6) is 2.19. The lowest BCUT2D eigenvalue weighted by Gasteiger charge is -2.10. The first-order chi connectivity index (χ1) is 14.1. The van der Waals surface area contributed by atoms with E-state index in [4.69, 9.17) is 32.5 Å². The van der Waals surface area contributed by atoms with Crippen molar-refractivity contribution in [3.63, 3.8) is 0 Å². The zero-order valence-electron chi connectivity index (χ0n) is 15.4. The lowest BCUT2D eigenvalue weighted by Crippen LogP contribution is -2.00. The van der Waals surface area contributed by atoms with Crippen LogP contribution in [0.25, 0.3) is 22.0 Å². The van der Waals surface area contributed by atoms with E-state index in [1.54, 1.807) is 30.3 Å². The summed E-state index contributed by atoms with van der Waals surface area (Å²) in [6, 6.07) is 16.4. The van der Waals surface area contributed by atoms with Crippen LogP contribution in [-0.2, 0) is 6.61 Å². The van der Waals surface area contributed by atoms with E-state index in [0.29, 0.717) is 33.8 Å². The molecule has 1 saturated carbocycles. The van der Waals surface area contributed by atoms with Crippen molar-refractivity contribution in [3.05, 3.63) is 76.0 Å². The molecule has 4 nitrogen and oxygen atoms in total. The zero-order chi connectivity index (χ0) is 20.0. The summed E-state index contributed by atoms with van der Waals surface area (Å²) in [6.45, 7) is 0.301. The molecule has 1 aromatic heterocycles. The van der Waals surface area contributed by atoms with Crippen molar-refractivity contribution in [2.75, 3.05) is 0 Å². The van der Waals surface area contributed by atoms with E-state index in [9.17, 15) is 5.11 Å². The summed E-state index contributed by atoms with van der Waals surface area (Å²) in [6.07, 6.45) is 2.16. The van der Waals surface area contributed by atoms with Gasteiger partial charge < -0.3 is 14.4 Å². The van der Waals surface area contributed by atoms with Gasteiger partial charge in [0.25, 0.3) is 0 Å². The minimum absolute atomic E-state index is 0.242. The average Bonchev–Trinajstić information content (AvgIpc) is 3.47. The maximum atomic E-state index is 9.63. The predicted octanol–water partition coefficient (Wildman–Crippen LogP) is 6.96. The van der Waals surface area contributed by atoms with Crippen LogP contribution < -0.4 is 4.74 Å². The van der Waals surface area contributed by atoms with Crippen LogP contribution in [0.15, 0.2) is 59.1 Å². The average molecular weight is 426 g/mol. The van der Waals surface area contributed by atoms with Gasteiger partial charge in [-0.2, -0.15) is 0 Å². The molecule has 0 spiro atoms. The number of phenolic OH excluding ortho intramolecular Hbond substituents is 1. The highest BCUT2D eigenvalue weighted by molar-refractivity contribution is 6.39. The number of fused-ring (bicyclic) bond motifs is 1. The highest BCUT2D eigenvalue weighted by Gasteiger charge is 2.33. The molecule has 0 amide bonds. The number of halogens is 2. The standard InChI is InChI=1S/C23H17Cl2NO3/c24-19-2-1-3-20(25)21(19)22-18(23(29-26-22)13-4-5-13)12-28-17-9-7-14-10-16(27)8-6-15(14)11-17/h1-3,6-11,13,27H,4-5,12H2. The zero-order valence-corrected chi connectivity index (χ0v) is 16.9. The number of aromatic nitrogens is 1. The molecule has 1 fully saturated rings. The van der Waals surface area contributed by atoms with E-state index in [1.165, 1.54) is 0 Å². The molecule has 1 heterocycles. The minimum Gasteiger partial charge on any atom is -0.508 e. The molecule has 0 unspecified atom stereocenters. The Morgan fingerprint density at radius 3 is 2.48 bits per heavy atom. The number of nitrogens with zero attached hydrogens (tertiary/aromatic N) is 1. The number of benzene rings is 3. The molecule has 146 valence electrons. The Morgan fingerprint density at radius 2 is 1.72 bits per heavy atom. The first kappa shape index (κ1) is 18.3. The number of rotatable bonds is 5. The molecule has 3 aromatic carbocycles. The highest BCUT2D eigenvalue weighted by Crippen LogP contribution is 2.46. The molecule has 1 aliphatic carbocycles. The minimum atomic E-state index is 0.242. The van der Waals surface area contributed by atoms with Crippen molar-refractivity contribution in [2.45, 2.75) is 25.4 Å². The molecular weight excluding hydrogens is 409 g/mol. The summed E-state index contributed by atoms with van der Waals surface area (Å²) < 4.78 is 11.8.